The van der Waals surface area contributed by atoms with Crippen molar-refractivity contribution in [1.29, 1.82) is 0 Å². The molecule has 0 aliphatic heterocycles. The molecule has 0 bridgehead atoms. The van der Waals surface area contributed by atoms with E-state index in [-0.39, 0.29) is 15.5 Å². The summed E-state index contributed by atoms with van der Waals surface area (Å²) in [6, 6.07) is 11.8. The van der Waals surface area contributed by atoms with Crippen molar-refractivity contribution in [3.63, 3.8) is 0 Å². The first-order chi connectivity index (χ1) is 11.7. The quantitative estimate of drug-likeness (QED) is 0.769. The molecule has 8 heteroatoms. The Morgan fingerprint density at radius 2 is 1.40 bits per heavy atom. The van der Waals surface area contributed by atoms with E-state index >= 15 is 0 Å². The molecule has 2 aromatic carbocycles. The maximum absolute atomic E-state index is 12.6. The number of sulfone groups is 1. The molecule has 1 N–H and O–H groups in total. The third kappa shape index (κ3) is 4.82. The van der Waals surface area contributed by atoms with Gasteiger partial charge in [0.05, 0.1) is 15.5 Å². The average Bonchev–Trinajstić information content (AvgIpc) is 2.60. The number of hydrogen-bond acceptors (Lipinski definition) is 4. The van der Waals surface area contributed by atoms with E-state index in [9.17, 15) is 16.8 Å². The zero-order valence-corrected chi connectivity index (χ0v) is 16.3. The van der Waals surface area contributed by atoms with E-state index in [0.717, 1.165) is 5.56 Å². The van der Waals surface area contributed by atoms with Crippen LogP contribution in [-0.2, 0) is 19.9 Å². The summed E-state index contributed by atoms with van der Waals surface area (Å²) < 4.78 is 51.5. The molecule has 0 amide bonds. The fourth-order valence-electron chi connectivity index (χ4n) is 2.33. The summed E-state index contributed by atoms with van der Waals surface area (Å²) in [6.45, 7) is 3.41. The van der Waals surface area contributed by atoms with Crippen LogP contribution in [0.25, 0.3) is 0 Å². The topological polar surface area (TPSA) is 80.3 Å². The van der Waals surface area contributed by atoms with Crippen LogP contribution in [0.15, 0.2) is 58.3 Å². The molecule has 0 fully saturated rings. The van der Waals surface area contributed by atoms with Crippen molar-refractivity contribution in [2.75, 3.05) is 5.75 Å². The van der Waals surface area contributed by atoms with Gasteiger partial charge in [0, 0.05) is 11.1 Å². The second kappa shape index (κ2) is 7.86. The Morgan fingerprint density at radius 3 is 1.88 bits per heavy atom. The lowest BCUT2D eigenvalue weighted by Crippen LogP contribution is -2.28. The van der Waals surface area contributed by atoms with Crippen LogP contribution in [0.5, 0.6) is 0 Å². The Hall–Kier alpha value is -1.41. The molecule has 0 aliphatic rings. The molecule has 1 unspecified atom stereocenters. The summed E-state index contributed by atoms with van der Waals surface area (Å²) in [5.41, 5.74) is 0.806. The van der Waals surface area contributed by atoms with Gasteiger partial charge in [-0.05, 0) is 48.4 Å². The molecular formula is C17H20ClNO4S2. The monoisotopic (exact) mass is 401 g/mol. The first-order valence-electron chi connectivity index (χ1n) is 7.80. The predicted octanol–water partition coefficient (Wildman–Crippen LogP) is 3.56. The Labute approximate surface area is 154 Å². The van der Waals surface area contributed by atoms with E-state index in [1.807, 2.05) is 6.92 Å². The van der Waals surface area contributed by atoms with Crippen molar-refractivity contribution in [1.82, 2.24) is 4.72 Å². The van der Waals surface area contributed by atoms with Crippen LogP contribution in [0, 0.1) is 0 Å². The zero-order valence-electron chi connectivity index (χ0n) is 13.9. The van der Waals surface area contributed by atoms with Crippen LogP contribution >= 0.6 is 11.6 Å². The van der Waals surface area contributed by atoms with E-state index in [2.05, 4.69) is 4.72 Å². The van der Waals surface area contributed by atoms with Gasteiger partial charge in [-0.15, -0.1) is 0 Å². The van der Waals surface area contributed by atoms with E-state index in [4.69, 9.17) is 11.6 Å². The van der Waals surface area contributed by atoms with Crippen LogP contribution in [0.1, 0.15) is 31.9 Å². The van der Waals surface area contributed by atoms with E-state index in [1.165, 1.54) is 24.3 Å². The third-order valence-electron chi connectivity index (χ3n) is 3.85. The molecule has 0 aliphatic carbocycles. The van der Waals surface area contributed by atoms with Gasteiger partial charge < -0.3 is 0 Å². The van der Waals surface area contributed by atoms with Crippen LogP contribution in [0.3, 0.4) is 0 Å². The number of hydrogen-bond donors (Lipinski definition) is 1. The van der Waals surface area contributed by atoms with Gasteiger partial charge in [0.1, 0.15) is 0 Å². The lowest BCUT2D eigenvalue weighted by molar-refractivity contribution is 0.550. The molecule has 1 atom stereocenters. The second-order valence-electron chi connectivity index (χ2n) is 5.51. The largest absolute Gasteiger partial charge is 0.241 e. The summed E-state index contributed by atoms with van der Waals surface area (Å²) in [7, 11) is -7.14. The first kappa shape index (κ1) is 19.9. The molecule has 0 spiro atoms. The highest BCUT2D eigenvalue weighted by atomic mass is 35.5. The van der Waals surface area contributed by atoms with Crippen molar-refractivity contribution in [3.05, 3.63) is 59.1 Å². The zero-order chi connectivity index (χ0) is 18.7. The first-order valence-corrected chi connectivity index (χ1v) is 11.3. The molecule has 0 saturated heterocycles. The molecule has 0 saturated carbocycles. The molecule has 0 radical (unpaired) electrons. The van der Waals surface area contributed by atoms with E-state index in [1.54, 1.807) is 31.2 Å². The molecule has 5 nitrogen and oxygen atoms in total. The fraction of sp³-hybridized carbons (Fsp3) is 0.294. The fourth-order valence-corrected chi connectivity index (χ4v) is 4.65. The molecule has 2 aromatic rings. The van der Waals surface area contributed by atoms with Crippen LogP contribution in [0.2, 0.25) is 5.02 Å². The minimum absolute atomic E-state index is 0.0231. The third-order valence-corrected chi connectivity index (χ3v) is 7.34. The summed E-state index contributed by atoms with van der Waals surface area (Å²) in [5.74, 6) is -0.0359. The Bertz CT molecular complexity index is 922. The number of halogens is 1. The number of rotatable bonds is 7. The summed E-state index contributed by atoms with van der Waals surface area (Å²) in [4.78, 5) is 0.133. The maximum atomic E-state index is 12.6. The highest BCUT2D eigenvalue weighted by Gasteiger charge is 2.21. The van der Waals surface area contributed by atoms with Crippen molar-refractivity contribution in [3.8, 4) is 0 Å². The normalized spacial score (nSPS) is 13.6. The number of benzene rings is 2. The van der Waals surface area contributed by atoms with Gasteiger partial charge in [-0.1, -0.05) is 37.6 Å². The van der Waals surface area contributed by atoms with Gasteiger partial charge in [-0.25, -0.2) is 21.6 Å². The smallest absolute Gasteiger partial charge is 0.224 e. The SMILES string of the molecule is CCC(NS(=O)(=O)c1ccc(S(=O)(=O)CC)cc1)c1ccc(Cl)cc1. The van der Waals surface area contributed by atoms with E-state index in [0.29, 0.717) is 11.4 Å². The van der Waals surface area contributed by atoms with E-state index < -0.39 is 25.9 Å². The number of nitrogens with one attached hydrogen (secondary N) is 1. The van der Waals surface area contributed by atoms with Crippen molar-refractivity contribution < 1.29 is 16.8 Å². The summed E-state index contributed by atoms with van der Waals surface area (Å²) in [5, 5.41) is 0.578. The molecule has 136 valence electrons. The minimum atomic E-state index is -3.78. The lowest BCUT2D eigenvalue weighted by atomic mass is 10.1. The predicted molar refractivity (Wildman–Crippen MR) is 99.0 cm³/mol. The van der Waals surface area contributed by atoms with Crippen LogP contribution in [-0.4, -0.2) is 22.6 Å². The van der Waals surface area contributed by atoms with Crippen LogP contribution in [0.4, 0.5) is 0 Å². The van der Waals surface area contributed by atoms with Crippen molar-refractivity contribution in [2.45, 2.75) is 36.1 Å². The van der Waals surface area contributed by atoms with Gasteiger partial charge in [0.25, 0.3) is 0 Å². The van der Waals surface area contributed by atoms with Gasteiger partial charge in [-0.3, -0.25) is 0 Å². The van der Waals surface area contributed by atoms with Gasteiger partial charge >= 0.3 is 0 Å². The Morgan fingerprint density at radius 1 is 0.880 bits per heavy atom. The molecule has 2 rings (SSSR count). The van der Waals surface area contributed by atoms with Gasteiger partial charge in [-0.2, -0.15) is 0 Å². The van der Waals surface area contributed by atoms with Crippen molar-refractivity contribution >= 4 is 31.5 Å². The Kier molecular flexibility index (Phi) is 6.26. The lowest BCUT2D eigenvalue weighted by Gasteiger charge is -2.18. The van der Waals surface area contributed by atoms with Crippen LogP contribution < -0.4 is 4.72 Å². The van der Waals surface area contributed by atoms with Gasteiger partial charge in [0.15, 0.2) is 9.84 Å². The molecule has 25 heavy (non-hydrogen) atoms. The number of sulfonamides is 1. The molecule has 0 heterocycles. The summed E-state index contributed by atoms with van der Waals surface area (Å²) in [6.07, 6.45) is 0.559. The molecule has 0 aromatic heterocycles. The van der Waals surface area contributed by atoms with Gasteiger partial charge in [0.2, 0.25) is 10.0 Å². The second-order valence-corrected chi connectivity index (χ2v) is 9.94. The molecular weight excluding hydrogens is 382 g/mol. The summed E-state index contributed by atoms with van der Waals surface area (Å²) >= 11 is 5.86. The minimum Gasteiger partial charge on any atom is -0.224 e. The average molecular weight is 402 g/mol. The highest BCUT2D eigenvalue weighted by Crippen LogP contribution is 2.23. The highest BCUT2D eigenvalue weighted by molar-refractivity contribution is 7.91. The Balaban J connectivity index is 2.27. The standard InChI is InChI=1S/C17H20ClNO4S2/c1-3-17(13-5-7-14(18)8-6-13)19-25(22,23)16-11-9-15(10-12-16)24(20,21)4-2/h5-12,17,19H,3-4H2,1-2H3. The maximum Gasteiger partial charge on any atom is 0.241 e. The van der Waals surface area contributed by atoms with Crippen molar-refractivity contribution in [2.24, 2.45) is 0 Å².